The normalized spacial score (nSPS) is 14.6. The fraction of sp³-hybridized carbons (Fsp3) is 0.250. The molecule has 1 aromatic rings. The zero-order valence-electron chi connectivity index (χ0n) is 9.00. The molecule has 0 bridgehead atoms. The summed E-state index contributed by atoms with van der Waals surface area (Å²) in [4.78, 5) is 0. The van der Waals surface area contributed by atoms with Gasteiger partial charge in [0.1, 0.15) is 0 Å². The molecule has 0 aromatic heterocycles. The van der Waals surface area contributed by atoms with Crippen molar-refractivity contribution >= 4 is 6.21 Å². The Morgan fingerprint density at radius 2 is 2.00 bits per heavy atom. The first kappa shape index (κ1) is 10.7. The largest absolute Gasteiger partial charge is 0.262 e. The van der Waals surface area contributed by atoms with Crippen LogP contribution >= 0.6 is 0 Å². The molecule has 16 heavy (non-hydrogen) atoms. The number of hydrazine groups is 1. The molecule has 2 N–H and O–H groups in total. The van der Waals surface area contributed by atoms with E-state index in [-0.39, 0.29) is 0 Å². The maximum absolute atomic E-state index is 9.08. The highest BCUT2D eigenvalue weighted by atomic mass is 16.6. The molecular formula is C12H15N3O. The van der Waals surface area contributed by atoms with E-state index in [1.54, 1.807) is 6.21 Å². The molecule has 4 nitrogen and oxygen atoms in total. The molecule has 0 saturated carbocycles. The number of nitrogens with zero attached hydrogens (tertiary/aromatic N) is 2. The molecule has 0 saturated heterocycles. The third-order valence-corrected chi connectivity index (χ3v) is 2.45. The molecule has 1 aliphatic rings. The second kappa shape index (κ2) is 5.32. The van der Waals surface area contributed by atoms with Crippen molar-refractivity contribution in [2.75, 3.05) is 0 Å². The second-order valence-electron chi connectivity index (χ2n) is 3.70. The summed E-state index contributed by atoms with van der Waals surface area (Å²) in [6, 6.07) is 10.4. The molecule has 0 unspecified atom stereocenters. The lowest BCUT2D eigenvalue weighted by Crippen LogP contribution is -2.32. The summed E-state index contributed by atoms with van der Waals surface area (Å²) in [5.74, 6) is 0. The molecule has 4 heteroatoms. The van der Waals surface area contributed by atoms with Gasteiger partial charge in [-0.05, 0) is 30.9 Å². The van der Waals surface area contributed by atoms with Gasteiger partial charge in [-0.1, -0.05) is 35.6 Å². The summed E-state index contributed by atoms with van der Waals surface area (Å²) < 4.78 is 0. The van der Waals surface area contributed by atoms with Crippen LogP contribution in [0.1, 0.15) is 18.4 Å². The molecule has 84 valence electrons. The van der Waals surface area contributed by atoms with Gasteiger partial charge in [0.05, 0.1) is 6.21 Å². The summed E-state index contributed by atoms with van der Waals surface area (Å²) in [5.41, 5.74) is 5.08. The maximum atomic E-state index is 9.08. The van der Waals surface area contributed by atoms with Crippen molar-refractivity contribution in [1.82, 2.24) is 10.7 Å². The van der Waals surface area contributed by atoms with Crippen LogP contribution in [0.5, 0.6) is 0 Å². The fourth-order valence-corrected chi connectivity index (χ4v) is 1.65. The Labute approximate surface area is 94.8 Å². The van der Waals surface area contributed by atoms with E-state index >= 15 is 0 Å². The highest BCUT2D eigenvalue weighted by Crippen LogP contribution is 2.09. The predicted octanol–water partition coefficient (Wildman–Crippen LogP) is 2.09. The summed E-state index contributed by atoms with van der Waals surface area (Å²) in [6.07, 6.45) is 6.44. The van der Waals surface area contributed by atoms with Gasteiger partial charge in [0.2, 0.25) is 0 Å². The minimum absolute atomic E-state index is 0.734. The molecule has 0 amide bonds. The third kappa shape index (κ3) is 3.10. The third-order valence-electron chi connectivity index (χ3n) is 2.45. The number of aryl methyl sites for hydroxylation is 1. The SMILES string of the molecule is ON1N=CC=C(CCCc2ccccc2)N1. The average Bonchev–Trinajstić information content (AvgIpc) is 2.30. The van der Waals surface area contributed by atoms with Crippen molar-refractivity contribution in [2.45, 2.75) is 19.3 Å². The van der Waals surface area contributed by atoms with E-state index in [2.05, 4.69) is 34.8 Å². The van der Waals surface area contributed by atoms with Crippen LogP contribution in [-0.4, -0.2) is 16.7 Å². The van der Waals surface area contributed by atoms with E-state index in [9.17, 15) is 0 Å². The predicted molar refractivity (Wildman–Crippen MR) is 62.7 cm³/mol. The maximum Gasteiger partial charge on any atom is 0.0534 e. The smallest absolute Gasteiger partial charge is 0.0534 e. The van der Waals surface area contributed by atoms with Crippen molar-refractivity contribution in [3.63, 3.8) is 0 Å². The van der Waals surface area contributed by atoms with Crippen LogP contribution in [0, 0.1) is 0 Å². The van der Waals surface area contributed by atoms with Crippen LogP contribution in [0.2, 0.25) is 0 Å². The topological polar surface area (TPSA) is 47.9 Å². The Balaban J connectivity index is 1.76. The first-order chi connectivity index (χ1) is 7.84. The Bertz CT molecular complexity index is 387. The molecule has 0 spiro atoms. The quantitative estimate of drug-likeness (QED) is 0.811. The highest BCUT2D eigenvalue weighted by molar-refractivity contribution is 5.72. The van der Waals surface area contributed by atoms with Crippen LogP contribution in [-0.2, 0) is 6.42 Å². The van der Waals surface area contributed by atoms with E-state index in [4.69, 9.17) is 5.21 Å². The summed E-state index contributed by atoms with van der Waals surface area (Å²) in [6.45, 7) is 0. The fourth-order valence-electron chi connectivity index (χ4n) is 1.65. The number of hydrogen-bond acceptors (Lipinski definition) is 4. The molecular weight excluding hydrogens is 202 g/mol. The molecule has 1 aromatic carbocycles. The molecule has 1 aliphatic heterocycles. The van der Waals surface area contributed by atoms with Gasteiger partial charge in [-0.3, -0.25) is 10.6 Å². The standard InChI is InChI=1S/C12H15N3O/c16-15-13-10-9-12(14-15)8-4-7-11-5-2-1-3-6-11/h1-3,5-6,9-10,14,16H,4,7-8H2. The lowest BCUT2D eigenvalue weighted by Gasteiger charge is -2.18. The van der Waals surface area contributed by atoms with Gasteiger partial charge in [0.15, 0.2) is 0 Å². The van der Waals surface area contributed by atoms with E-state index < -0.39 is 0 Å². The number of hydrogen-bond donors (Lipinski definition) is 2. The first-order valence-corrected chi connectivity index (χ1v) is 5.37. The van der Waals surface area contributed by atoms with Crippen LogP contribution in [0.25, 0.3) is 0 Å². The van der Waals surface area contributed by atoms with Gasteiger partial charge in [-0.2, -0.15) is 0 Å². The van der Waals surface area contributed by atoms with Crippen molar-refractivity contribution in [3.05, 3.63) is 47.7 Å². The molecule has 2 rings (SSSR count). The number of nitrogens with one attached hydrogen (secondary N) is 1. The van der Waals surface area contributed by atoms with Gasteiger partial charge in [-0.15, -0.1) is 5.10 Å². The molecule has 0 fully saturated rings. The van der Waals surface area contributed by atoms with Crippen molar-refractivity contribution in [1.29, 1.82) is 0 Å². The number of rotatable bonds is 4. The van der Waals surface area contributed by atoms with Crippen LogP contribution in [0.15, 0.2) is 47.2 Å². The van der Waals surface area contributed by atoms with Gasteiger partial charge in [0, 0.05) is 5.70 Å². The summed E-state index contributed by atoms with van der Waals surface area (Å²) in [5, 5.41) is 13.4. The minimum atomic E-state index is 0.734. The summed E-state index contributed by atoms with van der Waals surface area (Å²) in [7, 11) is 0. The van der Waals surface area contributed by atoms with E-state index in [1.807, 2.05) is 12.1 Å². The summed E-state index contributed by atoms with van der Waals surface area (Å²) >= 11 is 0. The Morgan fingerprint density at radius 1 is 1.19 bits per heavy atom. The number of benzene rings is 1. The van der Waals surface area contributed by atoms with Gasteiger partial charge in [-0.25, -0.2) is 0 Å². The van der Waals surface area contributed by atoms with Crippen LogP contribution < -0.4 is 5.43 Å². The highest BCUT2D eigenvalue weighted by Gasteiger charge is 2.03. The van der Waals surface area contributed by atoms with E-state index in [0.717, 1.165) is 30.2 Å². The van der Waals surface area contributed by atoms with E-state index in [1.165, 1.54) is 5.56 Å². The Hall–Kier alpha value is -1.81. The van der Waals surface area contributed by atoms with Gasteiger partial charge >= 0.3 is 0 Å². The Morgan fingerprint density at radius 3 is 2.75 bits per heavy atom. The molecule has 1 heterocycles. The monoisotopic (exact) mass is 217 g/mol. The first-order valence-electron chi connectivity index (χ1n) is 5.37. The lowest BCUT2D eigenvalue weighted by atomic mass is 10.1. The van der Waals surface area contributed by atoms with E-state index in [0.29, 0.717) is 0 Å². The minimum Gasteiger partial charge on any atom is -0.262 e. The molecule has 0 aliphatic carbocycles. The van der Waals surface area contributed by atoms with Crippen LogP contribution in [0.3, 0.4) is 0 Å². The average molecular weight is 217 g/mol. The van der Waals surface area contributed by atoms with Crippen molar-refractivity contribution in [3.8, 4) is 0 Å². The van der Waals surface area contributed by atoms with Gasteiger partial charge < -0.3 is 0 Å². The van der Waals surface area contributed by atoms with Gasteiger partial charge in [0.25, 0.3) is 0 Å². The van der Waals surface area contributed by atoms with Crippen molar-refractivity contribution < 1.29 is 5.21 Å². The van der Waals surface area contributed by atoms with Crippen LogP contribution in [0.4, 0.5) is 0 Å². The lowest BCUT2D eigenvalue weighted by molar-refractivity contribution is -0.128. The van der Waals surface area contributed by atoms with Crippen molar-refractivity contribution in [2.24, 2.45) is 5.10 Å². The second-order valence-corrected chi connectivity index (χ2v) is 3.70. The number of allylic oxidation sites excluding steroid dienone is 2. The molecule has 0 atom stereocenters. The number of hydrazone groups is 1. The zero-order chi connectivity index (χ0) is 11.2. The Kier molecular flexibility index (Phi) is 3.56. The zero-order valence-corrected chi connectivity index (χ0v) is 9.00. The molecule has 0 radical (unpaired) electrons.